The lowest BCUT2D eigenvalue weighted by Gasteiger charge is -2.63. The molecule has 25 heavy (non-hydrogen) atoms. The molecule has 0 aromatic heterocycles. The van der Waals surface area contributed by atoms with Gasteiger partial charge in [-0.25, -0.2) is 0 Å². The Morgan fingerprint density at radius 1 is 1.16 bits per heavy atom. The maximum absolute atomic E-state index is 11.8. The molecule has 0 N–H and O–H groups in total. The van der Waals surface area contributed by atoms with Crippen LogP contribution in [0.2, 0.25) is 0 Å². The summed E-state index contributed by atoms with van der Waals surface area (Å²) in [7, 11) is 0. The predicted molar refractivity (Wildman–Crippen MR) is 97.5 cm³/mol. The summed E-state index contributed by atoms with van der Waals surface area (Å²) < 4.78 is 12.8. The Kier molecular flexibility index (Phi) is 5.64. The van der Waals surface area contributed by atoms with Crippen LogP contribution in [0.3, 0.4) is 0 Å². The fourth-order valence-electron chi connectivity index (χ4n) is 4.27. The van der Waals surface area contributed by atoms with E-state index in [1.807, 2.05) is 5.06 Å². The number of carbonyl (C=O) groups excluding carboxylic acids is 1. The molecule has 2 saturated heterocycles. The third-order valence-electron chi connectivity index (χ3n) is 6.87. The van der Waals surface area contributed by atoms with Crippen molar-refractivity contribution in [1.82, 2.24) is 5.06 Å². The second kappa shape index (κ2) is 6.82. The van der Waals surface area contributed by atoms with E-state index < -0.39 is 5.79 Å². The lowest BCUT2D eigenvalue weighted by Crippen LogP contribution is -2.74. The van der Waals surface area contributed by atoms with Gasteiger partial charge in [-0.05, 0) is 40.0 Å². The van der Waals surface area contributed by atoms with E-state index in [1.165, 1.54) is 6.92 Å². The lowest BCUT2D eigenvalue weighted by atomic mass is 9.67. The molecule has 2 heterocycles. The van der Waals surface area contributed by atoms with Crippen molar-refractivity contribution in [2.45, 2.75) is 91.0 Å². The molecular formula is C20H36NO4. The van der Waals surface area contributed by atoms with Crippen molar-refractivity contribution < 1.29 is 19.1 Å². The fraction of sp³-hybridized carbons (Fsp3) is 0.900. The summed E-state index contributed by atoms with van der Waals surface area (Å²) in [6, 6.07) is 0. The molecule has 1 radical (unpaired) electrons. The van der Waals surface area contributed by atoms with Gasteiger partial charge in [-0.3, -0.25) is 4.79 Å². The van der Waals surface area contributed by atoms with Crippen LogP contribution in [0, 0.1) is 18.3 Å². The van der Waals surface area contributed by atoms with Gasteiger partial charge in [0.2, 0.25) is 0 Å². The molecule has 0 aliphatic carbocycles. The van der Waals surface area contributed by atoms with Crippen molar-refractivity contribution in [3.05, 3.63) is 6.92 Å². The smallest absolute Gasteiger partial charge is 0.322 e. The van der Waals surface area contributed by atoms with Gasteiger partial charge in [0, 0.05) is 24.7 Å². The molecule has 0 bridgehead atoms. The van der Waals surface area contributed by atoms with Crippen LogP contribution in [-0.4, -0.2) is 41.1 Å². The molecule has 2 aliphatic heterocycles. The van der Waals surface area contributed by atoms with Gasteiger partial charge in [0.05, 0.1) is 24.3 Å². The second-order valence-electron chi connectivity index (χ2n) is 8.58. The summed E-state index contributed by atoms with van der Waals surface area (Å²) in [6.45, 7) is 19.8. The molecule has 5 heteroatoms. The number of hydrogen-bond acceptors (Lipinski definition) is 5. The Morgan fingerprint density at radius 3 is 2.12 bits per heavy atom. The molecule has 145 valence electrons. The number of rotatable bonds is 4. The fourth-order valence-corrected chi connectivity index (χ4v) is 4.27. The molecule has 3 atom stereocenters. The van der Waals surface area contributed by atoms with Crippen LogP contribution in [0.15, 0.2) is 0 Å². The Labute approximate surface area is 153 Å². The highest BCUT2D eigenvalue weighted by molar-refractivity contribution is 5.65. The Morgan fingerprint density at radius 2 is 1.72 bits per heavy atom. The molecule has 2 fully saturated rings. The summed E-state index contributed by atoms with van der Waals surface area (Å²) in [5, 5.41) is 1.93. The molecule has 5 nitrogen and oxygen atoms in total. The topological polar surface area (TPSA) is 48.0 Å². The van der Waals surface area contributed by atoms with Crippen LogP contribution >= 0.6 is 0 Å². The zero-order chi connectivity index (χ0) is 19.1. The summed E-state index contributed by atoms with van der Waals surface area (Å²) in [5.74, 6) is -0.899. The molecule has 2 rings (SSSR count). The van der Waals surface area contributed by atoms with Crippen molar-refractivity contribution in [3.8, 4) is 0 Å². The van der Waals surface area contributed by atoms with Crippen LogP contribution < -0.4 is 0 Å². The second-order valence-corrected chi connectivity index (χ2v) is 8.58. The number of carbonyl (C=O) groups is 1. The molecule has 1 spiro atoms. The highest BCUT2D eigenvalue weighted by Crippen LogP contribution is 2.54. The average molecular weight is 355 g/mol. The van der Waals surface area contributed by atoms with Gasteiger partial charge in [-0.1, -0.05) is 27.7 Å². The minimum Gasteiger partial charge on any atom is -0.367 e. The summed E-state index contributed by atoms with van der Waals surface area (Å²) in [4.78, 5) is 17.5. The first-order valence-corrected chi connectivity index (χ1v) is 9.63. The lowest BCUT2D eigenvalue weighted by molar-refractivity contribution is -0.398. The number of nitrogens with zero attached hydrogens (tertiary/aromatic N) is 1. The maximum atomic E-state index is 11.8. The van der Waals surface area contributed by atoms with E-state index in [0.29, 0.717) is 19.6 Å². The summed E-state index contributed by atoms with van der Waals surface area (Å²) in [6.07, 6.45) is 3.25. The first kappa shape index (κ1) is 20.7. The molecule has 3 unspecified atom stereocenters. The Hall–Kier alpha value is -0.650. The van der Waals surface area contributed by atoms with Gasteiger partial charge in [-0.15, -0.1) is 5.06 Å². The van der Waals surface area contributed by atoms with Crippen molar-refractivity contribution in [1.29, 1.82) is 0 Å². The zero-order valence-electron chi connectivity index (χ0n) is 17.1. The third kappa shape index (κ3) is 3.35. The molecule has 0 amide bonds. The highest BCUT2D eigenvalue weighted by atomic mass is 16.7. The minimum atomic E-state index is -0.664. The summed E-state index contributed by atoms with van der Waals surface area (Å²) in [5.41, 5.74) is -0.901. The van der Waals surface area contributed by atoms with Gasteiger partial charge in [0.15, 0.2) is 5.79 Å². The van der Waals surface area contributed by atoms with Crippen molar-refractivity contribution >= 4 is 5.97 Å². The van der Waals surface area contributed by atoms with Gasteiger partial charge in [0.1, 0.15) is 0 Å². The first-order chi connectivity index (χ1) is 11.5. The van der Waals surface area contributed by atoms with Crippen LogP contribution in [0.25, 0.3) is 0 Å². The van der Waals surface area contributed by atoms with E-state index in [2.05, 4.69) is 48.5 Å². The van der Waals surface area contributed by atoms with Crippen LogP contribution in [0.5, 0.6) is 0 Å². The van der Waals surface area contributed by atoms with Gasteiger partial charge >= 0.3 is 5.97 Å². The van der Waals surface area contributed by atoms with E-state index in [0.717, 1.165) is 19.3 Å². The number of ether oxygens (including phenoxy) is 2. The van der Waals surface area contributed by atoms with Gasteiger partial charge in [-0.2, -0.15) is 0 Å². The third-order valence-corrected chi connectivity index (χ3v) is 6.87. The Bertz CT molecular complexity index is 500. The molecule has 2 aliphatic rings. The minimum absolute atomic E-state index is 0.0466. The van der Waals surface area contributed by atoms with E-state index in [4.69, 9.17) is 14.3 Å². The van der Waals surface area contributed by atoms with Crippen LogP contribution in [0.1, 0.15) is 74.1 Å². The monoisotopic (exact) mass is 354 g/mol. The van der Waals surface area contributed by atoms with Gasteiger partial charge in [0.25, 0.3) is 0 Å². The molecule has 0 saturated carbocycles. The van der Waals surface area contributed by atoms with Crippen molar-refractivity contribution in [2.75, 3.05) is 13.2 Å². The van der Waals surface area contributed by atoms with E-state index in [9.17, 15) is 4.79 Å². The molecule has 0 aromatic rings. The summed E-state index contributed by atoms with van der Waals surface area (Å²) >= 11 is 0. The zero-order valence-corrected chi connectivity index (χ0v) is 17.1. The molecule has 0 aromatic carbocycles. The average Bonchev–Trinajstić information content (AvgIpc) is 2.59. The standard InChI is InChI=1S/C20H36NO4/c1-9-17(6)13-23-20(24-14-17)12-18(7,10-2)21(25-16(5)22)19(8,11-3)15(20)4/h15H,6,9-14H2,1-5,7-8H3. The Balaban J connectivity index is 2.42. The number of piperidine rings is 1. The normalized spacial score (nSPS) is 45.5. The predicted octanol–water partition coefficient (Wildman–Crippen LogP) is 4.12. The van der Waals surface area contributed by atoms with Crippen molar-refractivity contribution in [2.24, 2.45) is 11.3 Å². The number of hydrogen-bond donors (Lipinski definition) is 0. The number of hydroxylamine groups is 2. The quantitative estimate of drug-likeness (QED) is 0.760. The van der Waals surface area contributed by atoms with Crippen LogP contribution in [0.4, 0.5) is 0 Å². The van der Waals surface area contributed by atoms with E-state index in [1.54, 1.807) is 0 Å². The maximum Gasteiger partial charge on any atom is 0.322 e. The first-order valence-electron chi connectivity index (χ1n) is 9.63. The van der Waals surface area contributed by atoms with Crippen LogP contribution in [-0.2, 0) is 19.1 Å². The molecular weight excluding hydrogens is 318 g/mol. The van der Waals surface area contributed by atoms with Crippen molar-refractivity contribution in [3.63, 3.8) is 0 Å². The largest absolute Gasteiger partial charge is 0.367 e. The van der Waals surface area contributed by atoms with E-state index >= 15 is 0 Å². The van der Waals surface area contributed by atoms with Gasteiger partial charge < -0.3 is 14.3 Å². The van der Waals surface area contributed by atoms with E-state index in [-0.39, 0.29) is 28.4 Å². The highest BCUT2D eigenvalue weighted by Gasteiger charge is 2.64. The SMILES string of the molecule is [CH2]C1(CC)COC2(CC(C)(CC)N(OC(C)=O)C(C)(CC)C2C)OC1.